The van der Waals surface area contributed by atoms with Crippen molar-refractivity contribution in [2.45, 2.75) is 19.0 Å². The highest BCUT2D eigenvalue weighted by Gasteiger charge is 2.25. The van der Waals surface area contributed by atoms with E-state index in [-0.39, 0.29) is 0 Å². The number of hydrogen-bond donors (Lipinski definition) is 0. The van der Waals surface area contributed by atoms with Crippen LogP contribution in [0.4, 0.5) is 5.69 Å². The highest BCUT2D eigenvalue weighted by molar-refractivity contribution is 5.74. The number of amides is 1. The van der Waals surface area contributed by atoms with E-state index in [4.69, 9.17) is 0 Å². The molecular weight excluding hydrogens is 310 g/mol. The molecule has 0 aliphatic carbocycles. The second kappa shape index (κ2) is 8.79. The van der Waals surface area contributed by atoms with Gasteiger partial charge in [0.05, 0.1) is 0 Å². The zero-order valence-electron chi connectivity index (χ0n) is 14.9. The molecule has 2 aromatic carbocycles. The molecule has 0 spiro atoms. The Balaban J connectivity index is 1.47. The topological polar surface area (TPSA) is 26.8 Å². The number of nitrogens with zero attached hydrogens (tertiary/aromatic N) is 3. The molecule has 1 fully saturated rings. The molecule has 1 aliphatic heterocycles. The van der Waals surface area contributed by atoms with E-state index in [0.717, 1.165) is 44.8 Å². The van der Waals surface area contributed by atoms with Gasteiger partial charge in [-0.15, -0.1) is 0 Å². The minimum absolute atomic E-state index is 0.585. The summed E-state index contributed by atoms with van der Waals surface area (Å²) in [6.45, 7) is 4.83. The number of benzene rings is 2. The Labute approximate surface area is 150 Å². The van der Waals surface area contributed by atoms with Gasteiger partial charge in [0.2, 0.25) is 6.41 Å². The molecule has 0 aromatic heterocycles. The second-order valence-corrected chi connectivity index (χ2v) is 6.78. The molecule has 1 heterocycles. The number of likely N-dealkylation sites (tertiary alicyclic amines) is 1. The molecule has 1 aliphatic rings. The van der Waals surface area contributed by atoms with Crippen molar-refractivity contribution in [3.63, 3.8) is 0 Å². The van der Waals surface area contributed by atoms with Gasteiger partial charge in [-0.3, -0.25) is 14.6 Å². The molecule has 0 radical (unpaired) electrons. The standard InChI is InChI=1S/C21H27N3O/c1-22(16-19-8-4-2-5-9-19)21-12-13-23(17-21)14-15-24(18-25)20-10-6-3-7-11-20/h2-11,18,21H,12-17H2,1H3. The van der Waals surface area contributed by atoms with Crippen LogP contribution in [-0.4, -0.2) is 55.5 Å². The summed E-state index contributed by atoms with van der Waals surface area (Å²) in [4.78, 5) is 18.1. The lowest BCUT2D eigenvalue weighted by Crippen LogP contribution is -2.37. The van der Waals surface area contributed by atoms with Crippen molar-refractivity contribution >= 4 is 12.1 Å². The summed E-state index contributed by atoms with van der Waals surface area (Å²) in [7, 11) is 2.21. The van der Waals surface area contributed by atoms with Gasteiger partial charge in [0.15, 0.2) is 0 Å². The van der Waals surface area contributed by atoms with Gasteiger partial charge in [0.1, 0.15) is 0 Å². The fourth-order valence-electron chi connectivity index (χ4n) is 3.49. The molecule has 3 rings (SSSR count). The van der Waals surface area contributed by atoms with E-state index in [1.807, 2.05) is 30.3 Å². The molecule has 2 aromatic rings. The first-order chi connectivity index (χ1) is 12.3. The normalized spacial score (nSPS) is 17.8. The van der Waals surface area contributed by atoms with Crippen LogP contribution in [-0.2, 0) is 11.3 Å². The van der Waals surface area contributed by atoms with Crippen molar-refractivity contribution < 1.29 is 4.79 Å². The van der Waals surface area contributed by atoms with Crippen molar-refractivity contribution in [1.82, 2.24) is 9.80 Å². The first-order valence-corrected chi connectivity index (χ1v) is 9.00. The zero-order chi connectivity index (χ0) is 17.5. The van der Waals surface area contributed by atoms with Crippen LogP contribution in [0.25, 0.3) is 0 Å². The van der Waals surface area contributed by atoms with Gasteiger partial charge in [-0.25, -0.2) is 0 Å². The van der Waals surface area contributed by atoms with Gasteiger partial charge < -0.3 is 4.90 Å². The van der Waals surface area contributed by atoms with Crippen LogP contribution in [0.5, 0.6) is 0 Å². The van der Waals surface area contributed by atoms with Crippen molar-refractivity contribution in [3.05, 3.63) is 66.2 Å². The van der Waals surface area contributed by atoms with Gasteiger partial charge >= 0.3 is 0 Å². The Kier molecular flexibility index (Phi) is 6.20. The maximum Gasteiger partial charge on any atom is 0.214 e. The third-order valence-corrected chi connectivity index (χ3v) is 5.02. The molecular formula is C21H27N3O. The van der Waals surface area contributed by atoms with Crippen LogP contribution >= 0.6 is 0 Å². The lowest BCUT2D eigenvalue weighted by atomic mass is 10.1. The maximum atomic E-state index is 11.4. The Morgan fingerprint density at radius 1 is 1.08 bits per heavy atom. The van der Waals surface area contributed by atoms with Crippen LogP contribution in [0, 0.1) is 0 Å². The van der Waals surface area contributed by atoms with E-state index in [9.17, 15) is 4.79 Å². The van der Waals surface area contributed by atoms with Crippen molar-refractivity contribution in [2.75, 3.05) is 38.1 Å². The van der Waals surface area contributed by atoms with Gasteiger partial charge in [0, 0.05) is 37.9 Å². The van der Waals surface area contributed by atoms with Crippen molar-refractivity contribution in [3.8, 4) is 0 Å². The quantitative estimate of drug-likeness (QED) is 0.693. The number of para-hydroxylation sites is 1. The molecule has 1 amide bonds. The van der Waals surface area contributed by atoms with E-state index in [1.54, 1.807) is 4.90 Å². The Morgan fingerprint density at radius 2 is 1.76 bits per heavy atom. The molecule has 0 saturated carbocycles. The Morgan fingerprint density at radius 3 is 2.44 bits per heavy atom. The van der Waals surface area contributed by atoms with E-state index >= 15 is 0 Å². The molecule has 4 nitrogen and oxygen atoms in total. The molecule has 1 unspecified atom stereocenters. The van der Waals surface area contributed by atoms with Crippen molar-refractivity contribution in [2.24, 2.45) is 0 Å². The average molecular weight is 337 g/mol. The number of likely N-dealkylation sites (N-methyl/N-ethyl adjacent to an activating group) is 1. The highest BCUT2D eigenvalue weighted by atomic mass is 16.1. The average Bonchev–Trinajstić information content (AvgIpc) is 3.13. The fourth-order valence-corrected chi connectivity index (χ4v) is 3.49. The summed E-state index contributed by atoms with van der Waals surface area (Å²) in [5.74, 6) is 0. The number of carbonyl (C=O) groups is 1. The van der Waals surface area contributed by atoms with Crippen LogP contribution in [0.15, 0.2) is 60.7 Å². The third-order valence-electron chi connectivity index (χ3n) is 5.02. The second-order valence-electron chi connectivity index (χ2n) is 6.78. The van der Waals surface area contributed by atoms with Gasteiger partial charge in [-0.2, -0.15) is 0 Å². The molecule has 0 N–H and O–H groups in total. The molecule has 0 bridgehead atoms. The summed E-state index contributed by atoms with van der Waals surface area (Å²) in [5.41, 5.74) is 2.33. The largest absolute Gasteiger partial charge is 0.314 e. The lowest BCUT2D eigenvalue weighted by Gasteiger charge is -2.26. The van der Waals surface area contributed by atoms with Crippen LogP contribution in [0.2, 0.25) is 0 Å². The maximum absolute atomic E-state index is 11.4. The summed E-state index contributed by atoms with van der Waals surface area (Å²) >= 11 is 0. The molecule has 25 heavy (non-hydrogen) atoms. The van der Waals surface area contributed by atoms with Crippen LogP contribution in [0.1, 0.15) is 12.0 Å². The molecule has 1 saturated heterocycles. The predicted molar refractivity (Wildman–Crippen MR) is 103 cm³/mol. The van der Waals surface area contributed by atoms with Crippen LogP contribution < -0.4 is 4.90 Å². The summed E-state index contributed by atoms with van der Waals surface area (Å²) < 4.78 is 0. The van der Waals surface area contributed by atoms with Gasteiger partial charge in [-0.05, 0) is 37.7 Å². The molecule has 132 valence electrons. The SMILES string of the molecule is CN(Cc1ccccc1)C1CCN(CCN(C=O)c2ccccc2)C1. The Hall–Kier alpha value is -2.17. The van der Waals surface area contributed by atoms with Gasteiger partial charge in [-0.1, -0.05) is 48.5 Å². The summed E-state index contributed by atoms with van der Waals surface area (Å²) in [6.07, 6.45) is 2.13. The fraction of sp³-hybridized carbons (Fsp3) is 0.381. The summed E-state index contributed by atoms with van der Waals surface area (Å²) in [6, 6.07) is 21.1. The predicted octanol–water partition coefficient (Wildman–Crippen LogP) is 2.86. The number of hydrogen-bond acceptors (Lipinski definition) is 3. The van der Waals surface area contributed by atoms with E-state index in [2.05, 4.69) is 47.2 Å². The van der Waals surface area contributed by atoms with E-state index in [0.29, 0.717) is 6.04 Å². The monoisotopic (exact) mass is 337 g/mol. The molecule has 4 heteroatoms. The van der Waals surface area contributed by atoms with Crippen molar-refractivity contribution in [1.29, 1.82) is 0 Å². The van der Waals surface area contributed by atoms with E-state index in [1.165, 1.54) is 12.0 Å². The number of rotatable bonds is 8. The van der Waals surface area contributed by atoms with Gasteiger partial charge in [0.25, 0.3) is 0 Å². The first kappa shape index (κ1) is 17.6. The van der Waals surface area contributed by atoms with E-state index < -0.39 is 0 Å². The number of anilines is 1. The highest BCUT2D eigenvalue weighted by Crippen LogP contribution is 2.17. The smallest absolute Gasteiger partial charge is 0.214 e. The Bertz CT molecular complexity index is 647. The minimum atomic E-state index is 0.585. The summed E-state index contributed by atoms with van der Waals surface area (Å²) in [5, 5.41) is 0. The lowest BCUT2D eigenvalue weighted by molar-refractivity contribution is -0.107. The third kappa shape index (κ3) is 4.91. The van der Waals surface area contributed by atoms with Crippen LogP contribution in [0.3, 0.4) is 0 Å². The number of carbonyl (C=O) groups excluding carboxylic acids is 1. The zero-order valence-corrected chi connectivity index (χ0v) is 14.9. The molecule has 1 atom stereocenters. The first-order valence-electron chi connectivity index (χ1n) is 9.00. The minimum Gasteiger partial charge on any atom is -0.314 e.